The summed E-state index contributed by atoms with van der Waals surface area (Å²) < 4.78 is 0. The zero-order chi connectivity index (χ0) is 21.9. The Morgan fingerprint density at radius 1 is 0.906 bits per heavy atom. The van der Waals surface area contributed by atoms with Crippen molar-refractivity contribution in [3.05, 3.63) is 83.7 Å². The molecule has 160 valence electrons. The van der Waals surface area contributed by atoms with Crippen molar-refractivity contribution in [2.75, 3.05) is 18.4 Å². The molecule has 0 atom stereocenters. The number of aromatic nitrogens is 1. The number of thiazole rings is 1. The Balaban J connectivity index is 1.21. The topological polar surface area (TPSA) is 62.3 Å². The second kappa shape index (κ2) is 8.93. The van der Waals surface area contributed by atoms with Gasteiger partial charge in [-0.1, -0.05) is 66.7 Å². The van der Waals surface area contributed by atoms with E-state index in [1.807, 2.05) is 83.1 Å². The predicted molar refractivity (Wildman–Crippen MR) is 129 cm³/mol. The van der Waals surface area contributed by atoms with Crippen molar-refractivity contribution in [2.45, 2.75) is 12.8 Å². The van der Waals surface area contributed by atoms with Crippen molar-refractivity contribution in [3.63, 3.8) is 0 Å². The SMILES string of the molecule is O=C(Nc1nc(-c2ccccc2)cs1)C1CCN(C(=O)c2cccc3ccccc23)CC1. The number of carbonyl (C=O) groups is 2. The molecule has 0 radical (unpaired) electrons. The molecule has 32 heavy (non-hydrogen) atoms. The van der Waals surface area contributed by atoms with Crippen molar-refractivity contribution in [1.82, 2.24) is 9.88 Å². The highest BCUT2D eigenvalue weighted by molar-refractivity contribution is 7.14. The molecule has 5 nitrogen and oxygen atoms in total. The standard InChI is InChI=1S/C26H23N3O2S/c30-24(28-26-27-23(17-32-26)19-8-2-1-3-9-19)20-13-15-29(16-14-20)25(31)22-12-6-10-18-7-4-5-11-21(18)22/h1-12,17,20H,13-16H2,(H,27,28,30). The molecule has 6 heteroatoms. The lowest BCUT2D eigenvalue weighted by Crippen LogP contribution is -2.41. The number of amides is 2. The number of carbonyl (C=O) groups excluding carboxylic acids is 2. The normalized spacial score (nSPS) is 14.4. The Kier molecular flexibility index (Phi) is 5.69. The molecule has 4 aromatic rings. The second-order valence-corrected chi connectivity index (χ2v) is 8.84. The Bertz CT molecular complexity index is 1260. The van der Waals surface area contributed by atoms with Gasteiger partial charge in [0, 0.05) is 35.5 Å². The van der Waals surface area contributed by atoms with Gasteiger partial charge >= 0.3 is 0 Å². The van der Waals surface area contributed by atoms with Crippen molar-refractivity contribution in [2.24, 2.45) is 5.92 Å². The average Bonchev–Trinajstić information content (AvgIpc) is 3.32. The number of nitrogens with zero attached hydrogens (tertiary/aromatic N) is 2. The maximum Gasteiger partial charge on any atom is 0.254 e. The molecule has 3 aromatic carbocycles. The van der Waals surface area contributed by atoms with Crippen LogP contribution in [-0.4, -0.2) is 34.8 Å². The van der Waals surface area contributed by atoms with Gasteiger partial charge in [0.05, 0.1) is 5.69 Å². The first-order valence-corrected chi connectivity index (χ1v) is 11.7. The molecule has 1 fully saturated rings. The van der Waals surface area contributed by atoms with E-state index >= 15 is 0 Å². The minimum absolute atomic E-state index is 0.0174. The van der Waals surface area contributed by atoms with Crippen molar-refractivity contribution in [3.8, 4) is 11.3 Å². The first-order valence-electron chi connectivity index (χ1n) is 10.8. The van der Waals surface area contributed by atoms with E-state index in [1.165, 1.54) is 11.3 Å². The smallest absolute Gasteiger partial charge is 0.254 e. The van der Waals surface area contributed by atoms with Crippen LogP contribution in [0.5, 0.6) is 0 Å². The number of hydrogen-bond acceptors (Lipinski definition) is 4. The lowest BCUT2D eigenvalue weighted by molar-refractivity contribution is -0.121. The van der Waals surface area contributed by atoms with Crippen LogP contribution < -0.4 is 5.32 Å². The van der Waals surface area contributed by atoms with Gasteiger partial charge in [0.1, 0.15) is 0 Å². The summed E-state index contributed by atoms with van der Waals surface area (Å²) in [6.07, 6.45) is 1.30. The monoisotopic (exact) mass is 441 g/mol. The average molecular weight is 442 g/mol. The number of benzene rings is 3. The Hall–Kier alpha value is -3.51. The van der Waals surface area contributed by atoms with Gasteiger partial charge in [0.2, 0.25) is 5.91 Å². The van der Waals surface area contributed by atoms with Gasteiger partial charge in [-0.2, -0.15) is 0 Å². The van der Waals surface area contributed by atoms with Crippen molar-refractivity contribution >= 4 is 39.1 Å². The first kappa shape index (κ1) is 20.4. The third-order valence-electron chi connectivity index (χ3n) is 5.98. The van der Waals surface area contributed by atoms with E-state index in [1.54, 1.807) is 0 Å². The van der Waals surface area contributed by atoms with E-state index in [4.69, 9.17) is 0 Å². The number of nitrogens with one attached hydrogen (secondary N) is 1. The molecule has 2 heterocycles. The molecule has 1 aliphatic rings. The Morgan fingerprint density at radius 3 is 2.44 bits per heavy atom. The molecule has 0 saturated carbocycles. The van der Waals surface area contributed by atoms with Crippen LogP contribution in [0.3, 0.4) is 0 Å². The number of fused-ring (bicyclic) bond motifs is 1. The summed E-state index contributed by atoms with van der Waals surface area (Å²) in [6.45, 7) is 1.15. The van der Waals surface area contributed by atoms with Gasteiger partial charge in [0.15, 0.2) is 5.13 Å². The van der Waals surface area contributed by atoms with Crippen LogP contribution >= 0.6 is 11.3 Å². The molecular formula is C26H23N3O2S. The summed E-state index contributed by atoms with van der Waals surface area (Å²) >= 11 is 1.43. The molecular weight excluding hydrogens is 418 g/mol. The fourth-order valence-corrected chi connectivity index (χ4v) is 4.93. The summed E-state index contributed by atoms with van der Waals surface area (Å²) in [6, 6.07) is 23.7. The zero-order valence-electron chi connectivity index (χ0n) is 17.5. The molecule has 1 N–H and O–H groups in total. The summed E-state index contributed by atoms with van der Waals surface area (Å²) in [5.74, 6) is -0.0973. The quantitative estimate of drug-likeness (QED) is 0.458. The van der Waals surface area contributed by atoms with Crippen LogP contribution in [0.15, 0.2) is 78.2 Å². The van der Waals surface area contributed by atoms with E-state index in [-0.39, 0.29) is 17.7 Å². The van der Waals surface area contributed by atoms with Crippen LogP contribution in [0, 0.1) is 5.92 Å². The van der Waals surface area contributed by atoms with Gasteiger partial charge in [-0.05, 0) is 29.7 Å². The number of likely N-dealkylation sites (tertiary alicyclic amines) is 1. The second-order valence-electron chi connectivity index (χ2n) is 7.99. The highest BCUT2D eigenvalue weighted by Crippen LogP contribution is 2.27. The third-order valence-corrected chi connectivity index (χ3v) is 6.73. The molecule has 1 aliphatic heterocycles. The van der Waals surface area contributed by atoms with Crippen LogP contribution in [-0.2, 0) is 4.79 Å². The zero-order valence-corrected chi connectivity index (χ0v) is 18.3. The van der Waals surface area contributed by atoms with Gasteiger partial charge in [-0.3, -0.25) is 9.59 Å². The highest BCUT2D eigenvalue weighted by Gasteiger charge is 2.28. The lowest BCUT2D eigenvalue weighted by Gasteiger charge is -2.31. The highest BCUT2D eigenvalue weighted by atomic mass is 32.1. The molecule has 5 rings (SSSR count). The third kappa shape index (κ3) is 4.14. The molecule has 2 amide bonds. The molecule has 0 unspecified atom stereocenters. The molecule has 1 aromatic heterocycles. The minimum atomic E-state index is -0.115. The van der Waals surface area contributed by atoms with E-state index < -0.39 is 0 Å². The van der Waals surface area contributed by atoms with Gasteiger partial charge in [0.25, 0.3) is 5.91 Å². The van der Waals surface area contributed by atoms with E-state index in [9.17, 15) is 9.59 Å². The fraction of sp³-hybridized carbons (Fsp3) is 0.192. The van der Waals surface area contributed by atoms with Gasteiger partial charge in [-0.25, -0.2) is 4.98 Å². The molecule has 0 spiro atoms. The van der Waals surface area contributed by atoms with E-state index in [2.05, 4.69) is 10.3 Å². The van der Waals surface area contributed by atoms with Crippen LogP contribution in [0.25, 0.3) is 22.0 Å². The van der Waals surface area contributed by atoms with E-state index in [0.29, 0.717) is 31.1 Å². The Morgan fingerprint density at radius 2 is 1.62 bits per heavy atom. The number of anilines is 1. The van der Waals surface area contributed by atoms with Crippen molar-refractivity contribution < 1.29 is 9.59 Å². The summed E-state index contributed by atoms with van der Waals surface area (Å²) in [5.41, 5.74) is 2.62. The number of rotatable bonds is 4. The maximum atomic E-state index is 13.1. The van der Waals surface area contributed by atoms with E-state index in [0.717, 1.165) is 27.6 Å². The van der Waals surface area contributed by atoms with Crippen LogP contribution in [0.1, 0.15) is 23.2 Å². The summed E-state index contributed by atoms with van der Waals surface area (Å²) in [4.78, 5) is 32.3. The van der Waals surface area contributed by atoms with Crippen LogP contribution in [0.2, 0.25) is 0 Å². The largest absolute Gasteiger partial charge is 0.339 e. The summed E-state index contributed by atoms with van der Waals surface area (Å²) in [5, 5.41) is 7.57. The van der Waals surface area contributed by atoms with Crippen LogP contribution in [0.4, 0.5) is 5.13 Å². The fourth-order valence-electron chi connectivity index (χ4n) is 4.21. The molecule has 0 aliphatic carbocycles. The minimum Gasteiger partial charge on any atom is -0.339 e. The predicted octanol–water partition coefficient (Wildman–Crippen LogP) is 5.45. The van der Waals surface area contributed by atoms with Crippen molar-refractivity contribution in [1.29, 1.82) is 0 Å². The molecule has 0 bridgehead atoms. The first-order chi connectivity index (χ1) is 15.7. The molecule has 1 saturated heterocycles. The maximum absolute atomic E-state index is 13.1. The lowest BCUT2D eigenvalue weighted by atomic mass is 9.95. The summed E-state index contributed by atoms with van der Waals surface area (Å²) in [7, 11) is 0. The number of hydrogen-bond donors (Lipinski definition) is 1. The van der Waals surface area contributed by atoms with Gasteiger partial charge in [-0.15, -0.1) is 11.3 Å². The Labute approximate surface area is 190 Å². The number of piperidine rings is 1. The van der Waals surface area contributed by atoms with Gasteiger partial charge < -0.3 is 10.2 Å².